The lowest BCUT2D eigenvalue weighted by Gasteiger charge is -2.16. The Morgan fingerprint density at radius 1 is 1.47 bits per heavy atom. The van der Waals surface area contributed by atoms with Gasteiger partial charge in [0.05, 0.1) is 17.9 Å². The van der Waals surface area contributed by atoms with Crippen LogP contribution >= 0.6 is 11.6 Å². The summed E-state index contributed by atoms with van der Waals surface area (Å²) in [6.07, 6.45) is 5.06. The maximum absolute atomic E-state index is 11.9. The molecular formula is C13H15ClN4O. The van der Waals surface area contributed by atoms with Crippen LogP contribution in [0.25, 0.3) is 0 Å². The summed E-state index contributed by atoms with van der Waals surface area (Å²) in [6.45, 7) is 4.31. The molecule has 2 heterocycles. The SMILES string of the molecule is CCn1ncc(NC(C)c2cccnc2)c(Cl)c1=O. The van der Waals surface area contributed by atoms with Gasteiger partial charge < -0.3 is 5.32 Å². The second kappa shape index (κ2) is 5.84. The fraction of sp³-hybridized carbons (Fsp3) is 0.308. The van der Waals surface area contributed by atoms with Crippen LogP contribution in [0.15, 0.2) is 35.5 Å². The van der Waals surface area contributed by atoms with E-state index in [0.29, 0.717) is 12.2 Å². The molecule has 0 amide bonds. The van der Waals surface area contributed by atoms with Crippen molar-refractivity contribution in [3.63, 3.8) is 0 Å². The van der Waals surface area contributed by atoms with E-state index < -0.39 is 0 Å². The minimum atomic E-state index is -0.285. The maximum Gasteiger partial charge on any atom is 0.287 e. The predicted molar refractivity (Wildman–Crippen MR) is 75.5 cm³/mol. The number of halogens is 1. The summed E-state index contributed by atoms with van der Waals surface area (Å²) in [5.74, 6) is 0. The summed E-state index contributed by atoms with van der Waals surface area (Å²) < 4.78 is 1.32. The summed E-state index contributed by atoms with van der Waals surface area (Å²) in [6, 6.07) is 3.81. The van der Waals surface area contributed by atoms with Gasteiger partial charge in [-0.2, -0.15) is 5.10 Å². The van der Waals surface area contributed by atoms with Crippen LogP contribution < -0.4 is 10.9 Å². The van der Waals surface area contributed by atoms with E-state index in [9.17, 15) is 4.79 Å². The van der Waals surface area contributed by atoms with E-state index in [-0.39, 0.29) is 16.6 Å². The first kappa shape index (κ1) is 13.5. The number of pyridine rings is 1. The Morgan fingerprint density at radius 3 is 2.89 bits per heavy atom. The van der Waals surface area contributed by atoms with E-state index in [1.807, 2.05) is 26.0 Å². The summed E-state index contributed by atoms with van der Waals surface area (Å²) >= 11 is 6.06. The molecule has 2 rings (SSSR count). The van der Waals surface area contributed by atoms with Gasteiger partial charge in [0.2, 0.25) is 0 Å². The molecule has 0 spiro atoms. The quantitative estimate of drug-likeness (QED) is 0.933. The lowest BCUT2D eigenvalue weighted by Crippen LogP contribution is -2.23. The molecule has 5 nitrogen and oxygen atoms in total. The number of aromatic nitrogens is 3. The van der Waals surface area contributed by atoms with E-state index in [4.69, 9.17) is 11.6 Å². The Bertz CT molecular complexity index is 612. The second-order valence-electron chi connectivity index (χ2n) is 4.15. The van der Waals surface area contributed by atoms with Gasteiger partial charge in [-0.1, -0.05) is 17.7 Å². The molecule has 1 N–H and O–H groups in total. The third kappa shape index (κ3) is 2.93. The molecule has 19 heavy (non-hydrogen) atoms. The predicted octanol–water partition coefficient (Wildman–Crippen LogP) is 2.48. The highest BCUT2D eigenvalue weighted by Gasteiger charge is 2.11. The highest BCUT2D eigenvalue weighted by atomic mass is 35.5. The molecule has 2 aromatic rings. The van der Waals surface area contributed by atoms with Gasteiger partial charge in [-0.25, -0.2) is 4.68 Å². The molecule has 2 aromatic heterocycles. The molecule has 0 saturated heterocycles. The number of hydrogen-bond donors (Lipinski definition) is 1. The van der Waals surface area contributed by atoms with Crippen molar-refractivity contribution < 1.29 is 0 Å². The fourth-order valence-corrected chi connectivity index (χ4v) is 1.94. The van der Waals surface area contributed by atoms with E-state index in [0.717, 1.165) is 5.56 Å². The lowest BCUT2D eigenvalue weighted by atomic mass is 10.1. The van der Waals surface area contributed by atoms with Crippen molar-refractivity contribution >= 4 is 17.3 Å². The minimum Gasteiger partial charge on any atom is -0.376 e. The van der Waals surface area contributed by atoms with Crippen LogP contribution in [-0.4, -0.2) is 14.8 Å². The van der Waals surface area contributed by atoms with Gasteiger partial charge in [0.1, 0.15) is 5.02 Å². The number of anilines is 1. The molecule has 1 atom stereocenters. The first-order valence-corrected chi connectivity index (χ1v) is 6.43. The number of hydrogen-bond acceptors (Lipinski definition) is 4. The van der Waals surface area contributed by atoms with Crippen LogP contribution in [-0.2, 0) is 6.54 Å². The van der Waals surface area contributed by atoms with Crippen molar-refractivity contribution in [1.82, 2.24) is 14.8 Å². The van der Waals surface area contributed by atoms with Gasteiger partial charge in [0.15, 0.2) is 0 Å². The van der Waals surface area contributed by atoms with Crippen LogP contribution in [0.1, 0.15) is 25.5 Å². The lowest BCUT2D eigenvalue weighted by molar-refractivity contribution is 0.615. The summed E-state index contributed by atoms with van der Waals surface area (Å²) in [5, 5.41) is 7.38. The van der Waals surface area contributed by atoms with Crippen molar-refractivity contribution in [2.75, 3.05) is 5.32 Å². The average molecular weight is 279 g/mol. The van der Waals surface area contributed by atoms with Crippen molar-refractivity contribution in [2.45, 2.75) is 26.4 Å². The molecule has 6 heteroatoms. The number of nitrogens with one attached hydrogen (secondary N) is 1. The van der Waals surface area contributed by atoms with E-state index in [1.54, 1.807) is 18.6 Å². The summed E-state index contributed by atoms with van der Waals surface area (Å²) in [4.78, 5) is 15.9. The Kier molecular flexibility index (Phi) is 4.16. The molecule has 0 saturated carbocycles. The smallest absolute Gasteiger partial charge is 0.287 e. The Balaban J connectivity index is 2.25. The summed E-state index contributed by atoms with van der Waals surface area (Å²) in [5.41, 5.74) is 1.26. The summed E-state index contributed by atoms with van der Waals surface area (Å²) in [7, 11) is 0. The van der Waals surface area contributed by atoms with Crippen molar-refractivity contribution in [2.24, 2.45) is 0 Å². The first-order valence-electron chi connectivity index (χ1n) is 6.05. The number of aryl methyl sites for hydroxylation is 1. The van der Waals surface area contributed by atoms with Crippen molar-refractivity contribution in [3.8, 4) is 0 Å². The van der Waals surface area contributed by atoms with Gasteiger partial charge in [-0.3, -0.25) is 9.78 Å². The zero-order chi connectivity index (χ0) is 13.8. The Labute approximate surface area is 116 Å². The van der Waals surface area contributed by atoms with Crippen molar-refractivity contribution in [1.29, 1.82) is 0 Å². The zero-order valence-corrected chi connectivity index (χ0v) is 11.6. The fourth-order valence-electron chi connectivity index (χ4n) is 1.74. The third-order valence-electron chi connectivity index (χ3n) is 2.84. The first-order chi connectivity index (χ1) is 9.13. The molecule has 0 aliphatic carbocycles. The highest BCUT2D eigenvalue weighted by Crippen LogP contribution is 2.22. The van der Waals surface area contributed by atoms with Crippen LogP contribution in [0.5, 0.6) is 0 Å². The van der Waals surface area contributed by atoms with Crippen LogP contribution in [0.3, 0.4) is 0 Å². The maximum atomic E-state index is 11.9. The van der Waals surface area contributed by atoms with Crippen LogP contribution in [0, 0.1) is 0 Å². The molecule has 0 radical (unpaired) electrons. The van der Waals surface area contributed by atoms with E-state index in [1.165, 1.54) is 4.68 Å². The average Bonchev–Trinajstić information content (AvgIpc) is 2.45. The topological polar surface area (TPSA) is 59.8 Å². The normalized spacial score (nSPS) is 12.2. The molecule has 0 fully saturated rings. The second-order valence-corrected chi connectivity index (χ2v) is 4.52. The van der Waals surface area contributed by atoms with Gasteiger partial charge in [-0.05, 0) is 25.5 Å². The molecule has 0 aromatic carbocycles. The van der Waals surface area contributed by atoms with Crippen LogP contribution in [0.2, 0.25) is 5.02 Å². The van der Waals surface area contributed by atoms with E-state index >= 15 is 0 Å². The minimum absolute atomic E-state index is 0.00937. The Hall–Kier alpha value is -1.88. The zero-order valence-electron chi connectivity index (χ0n) is 10.8. The van der Waals surface area contributed by atoms with Gasteiger partial charge in [0.25, 0.3) is 5.56 Å². The molecule has 0 aliphatic heterocycles. The number of rotatable bonds is 4. The van der Waals surface area contributed by atoms with Gasteiger partial charge >= 0.3 is 0 Å². The molecule has 0 aliphatic rings. The van der Waals surface area contributed by atoms with Crippen molar-refractivity contribution in [3.05, 3.63) is 51.7 Å². The molecule has 100 valence electrons. The highest BCUT2D eigenvalue weighted by molar-refractivity contribution is 6.32. The van der Waals surface area contributed by atoms with Gasteiger partial charge in [-0.15, -0.1) is 0 Å². The standard InChI is InChI=1S/C13H15ClN4O/c1-3-18-13(19)12(14)11(8-16-18)17-9(2)10-5-4-6-15-7-10/h4-9,17H,3H2,1-2H3. The third-order valence-corrected chi connectivity index (χ3v) is 3.21. The Morgan fingerprint density at radius 2 is 2.26 bits per heavy atom. The number of nitrogens with zero attached hydrogens (tertiary/aromatic N) is 3. The van der Waals surface area contributed by atoms with E-state index in [2.05, 4.69) is 15.4 Å². The van der Waals surface area contributed by atoms with Crippen LogP contribution in [0.4, 0.5) is 5.69 Å². The largest absolute Gasteiger partial charge is 0.376 e. The molecular weight excluding hydrogens is 264 g/mol. The van der Waals surface area contributed by atoms with Gasteiger partial charge in [0, 0.05) is 18.9 Å². The monoisotopic (exact) mass is 278 g/mol. The molecule has 0 bridgehead atoms. The molecule has 1 unspecified atom stereocenters.